The summed E-state index contributed by atoms with van der Waals surface area (Å²) < 4.78 is 37.3. The number of carboxylic acid groups (broad SMARTS) is 1. The number of rotatable bonds is 4. The summed E-state index contributed by atoms with van der Waals surface area (Å²) >= 11 is 0. The minimum atomic E-state index is -2.88. The average molecular weight is 218 g/mol. The SMILES string of the molecule is O=C(O)CCc1ccc(F)c(C(F)F)c1. The van der Waals surface area contributed by atoms with Crippen LogP contribution in [0.3, 0.4) is 0 Å². The number of hydrogen-bond donors (Lipinski definition) is 1. The van der Waals surface area contributed by atoms with Gasteiger partial charge in [-0.15, -0.1) is 0 Å². The topological polar surface area (TPSA) is 37.3 Å². The smallest absolute Gasteiger partial charge is 0.303 e. The lowest BCUT2D eigenvalue weighted by Crippen LogP contribution is -1.99. The van der Waals surface area contributed by atoms with Crippen LogP contribution in [0.2, 0.25) is 0 Å². The molecule has 15 heavy (non-hydrogen) atoms. The Morgan fingerprint density at radius 1 is 1.40 bits per heavy atom. The molecular weight excluding hydrogens is 209 g/mol. The molecule has 0 aliphatic carbocycles. The molecule has 0 heterocycles. The van der Waals surface area contributed by atoms with Crippen molar-refractivity contribution in [1.29, 1.82) is 0 Å². The molecule has 0 radical (unpaired) electrons. The van der Waals surface area contributed by atoms with E-state index in [-0.39, 0.29) is 12.8 Å². The highest BCUT2D eigenvalue weighted by Crippen LogP contribution is 2.23. The van der Waals surface area contributed by atoms with Crippen molar-refractivity contribution < 1.29 is 23.1 Å². The molecule has 2 nitrogen and oxygen atoms in total. The van der Waals surface area contributed by atoms with Gasteiger partial charge in [-0.1, -0.05) is 6.07 Å². The van der Waals surface area contributed by atoms with E-state index in [1.54, 1.807) is 0 Å². The molecule has 0 bridgehead atoms. The van der Waals surface area contributed by atoms with E-state index in [1.807, 2.05) is 0 Å². The lowest BCUT2D eigenvalue weighted by molar-refractivity contribution is -0.136. The standard InChI is InChI=1S/C10H9F3O2/c11-8-3-1-6(2-4-9(14)15)5-7(8)10(12)13/h1,3,5,10H,2,4H2,(H,14,15). The normalized spacial score (nSPS) is 10.7. The number of aliphatic carboxylic acids is 1. The van der Waals surface area contributed by atoms with E-state index in [1.165, 1.54) is 6.07 Å². The third-order valence-corrected chi connectivity index (χ3v) is 1.92. The highest BCUT2D eigenvalue weighted by atomic mass is 19.3. The Morgan fingerprint density at radius 2 is 2.07 bits per heavy atom. The molecule has 1 aromatic carbocycles. The quantitative estimate of drug-likeness (QED) is 0.843. The van der Waals surface area contributed by atoms with Crippen LogP contribution in [0.25, 0.3) is 0 Å². The van der Waals surface area contributed by atoms with Gasteiger partial charge in [-0.3, -0.25) is 4.79 Å². The first-order valence-electron chi connectivity index (χ1n) is 4.29. The Labute approximate surface area is 84.3 Å². The summed E-state index contributed by atoms with van der Waals surface area (Å²) in [6.07, 6.45) is -2.92. The molecule has 0 saturated carbocycles. The first kappa shape index (κ1) is 11.6. The lowest BCUT2D eigenvalue weighted by atomic mass is 10.1. The molecule has 1 N–H and O–H groups in total. The van der Waals surface area contributed by atoms with Gasteiger partial charge in [0.1, 0.15) is 5.82 Å². The number of carbonyl (C=O) groups is 1. The molecule has 0 fully saturated rings. The summed E-state index contributed by atoms with van der Waals surface area (Å²) in [6, 6.07) is 3.24. The van der Waals surface area contributed by atoms with E-state index in [4.69, 9.17) is 5.11 Å². The minimum Gasteiger partial charge on any atom is -0.481 e. The molecular formula is C10H9F3O2. The van der Waals surface area contributed by atoms with Gasteiger partial charge < -0.3 is 5.11 Å². The summed E-state index contributed by atoms with van der Waals surface area (Å²) in [7, 11) is 0. The fraction of sp³-hybridized carbons (Fsp3) is 0.300. The second kappa shape index (κ2) is 4.82. The van der Waals surface area contributed by atoms with Crippen molar-refractivity contribution in [3.05, 3.63) is 35.1 Å². The highest BCUT2D eigenvalue weighted by molar-refractivity contribution is 5.67. The molecule has 82 valence electrons. The third kappa shape index (κ3) is 3.27. The maximum Gasteiger partial charge on any atom is 0.303 e. The van der Waals surface area contributed by atoms with Crippen molar-refractivity contribution in [3.8, 4) is 0 Å². The van der Waals surface area contributed by atoms with E-state index in [0.29, 0.717) is 5.56 Å². The molecule has 0 aliphatic rings. The van der Waals surface area contributed by atoms with Crippen LogP contribution in [0.4, 0.5) is 13.2 Å². The number of hydrogen-bond acceptors (Lipinski definition) is 1. The van der Waals surface area contributed by atoms with Gasteiger partial charge in [0.2, 0.25) is 0 Å². The van der Waals surface area contributed by atoms with E-state index in [0.717, 1.165) is 12.1 Å². The molecule has 0 unspecified atom stereocenters. The van der Waals surface area contributed by atoms with Gasteiger partial charge >= 0.3 is 5.97 Å². The van der Waals surface area contributed by atoms with Crippen LogP contribution < -0.4 is 0 Å². The van der Waals surface area contributed by atoms with E-state index < -0.39 is 23.8 Å². The first-order chi connectivity index (χ1) is 7.00. The third-order valence-electron chi connectivity index (χ3n) is 1.92. The summed E-state index contributed by atoms with van der Waals surface area (Å²) in [5, 5.41) is 8.39. The van der Waals surface area contributed by atoms with Crippen molar-refractivity contribution in [2.24, 2.45) is 0 Å². The van der Waals surface area contributed by atoms with Crippen molar-refractivity contribution in [1.82, 2.24) is 0 Å². The van der Waals surface area contributed by atoms with Crippen molar-refractivity contribution in [3.63, 3.8) is 0 Å². The number of benzene rings is 1. The van der Waals surface area contributed by atoms with Crippen LogP contribution in [-0.2, 0) is 11.2 Å². The summed E-state index contributed by atoms with van der Waals surface area (Å²) in [5.41, 5.74) is -0.285. The Hall–Kier alpha value is -1.52. The number of aryl methyl sites for hydroxylation is 1. The second-order valence-corrected chi connectivity index (χ2v) is 3.05. The van der Waals surface area contributed by atoms with Crippen molar-refractivity contribution >= 4 is 5.97 Å². The van der Waals surface area contributed by atoms with Crippen LogP contribution in [0, 0.1) is 5.82 Å². The number of carboxylic acids is 1. The van der Waals surface area contributed by atoms with E-state index in [2.05, 4.69) is 0 Å². The Kier molecular flexibility index (Phi) is 3.71. The fourth-order valence-electron chi connectivity index (χ4n) is 1.17. The summed E-state index contributed by atoms with van der Waals surface area (Å²) in [6.45, 7) is 0. The maximum absolute atomic E-state index is 12.8. The largest absolute Gasteiger partial charge is 0.481 e. The van der Waals surface area contributed by atoms with Crippen molar-refractivity contribution in [2.75, 3.05) is 0 Å². The molecule has 1 rings (SSSR count). The van der Waals surface area contributed by atoms with E-state index >= 15 is 0 Å². The zero-order chi connectivity index (χ0) is 11.4. The lowest BCUT2D eigenvalue weighted by Gasteiger charge is -2.04. The number of alkyl halides is 2. The zero-order valence-corrected chi connectivity index (χ0v) is 7.71. The maximum atomic E-state index is 12.8. The fourth-order valence-corrected chi connectivity index (χ4v) is 1.17. The van der Waals surface area contributed by atoms with Gasteiger partial charge in [0.25, 0.3) is 6.43 Å². The second-order valence-electron chi connectivity index (χ2n) is 3.05. The Bertz CT molecular complexity index is 364. The van der Waals surface area contributed by atoms with Gasteiger partial charge in [-0.05, 0) is 24.1 Å². The Morgan fingerprint density at radius 3 is 2.60 bits per heavy atom. The van der Waals surface area contributed by atoms with Crippen LogP contribution in [0.15, 0.2) is 18.2 Å². The predicted molar refractivity (Wildman–Crippen MR) is 47.3 cm³/mol. The van der Waals surface area contributed by atoms with Crippen LogP contribution in [0.1, 0.15) is 24.0 Å². The highest BCUT2D eigenvalue weighted by Gasteiger charge is 2.13. The van der Waals surface area contributed by atoms with Gasteiger partial charge in [0.05, 0.1) is 5.56 Å². The monoisotopic (exact) mass is 218 g/mol. The predicted octanol–water partition coefficient (Wildman–Crippen LogP) is 2.78. The van der Waals surface area contributed by atoms with Gasteiger partial charge in [-0.25, -0.2) is 13.2 Å². The molecule has 0 atom stereocenters. The summed E-state index contributed by atoms with van der Waals surface area (Å²) in [5.74, 6) is -1.98. The molecule has 0 amide bonds. The van der Waals surface area contributed by atoms with Crippen molar-refractivity contribution in [2.45, 2.75) is 19.3 Å². The van der Waals surface area contributed by atoms with Gasteiger partial charge in [0.15, 0.2) is 0 Å². The number of halogens is 3. The van der Waals surface area contributed by atoms with E-state index in [9.17, 15) is 18.0 Å². The van der Waals surface area contributed by atoms with Gasteiger partial charge in [0, 0.05) is 6.42 Å². The van der Waals surface area contributed by atoms with Gasteiger partial charge in [-0.2, -0.15) is 0 Å². The average Bonchev–Trinajstić information content (AvgIpc) is 2.16. The molecule has 5 heteroatoms. The summed E-state index contributed by atoms with van der Waals surface area (Å²) in [4.78, 5) is 10.2. The molecule has 0 saturated heterocycles. The van der Waals surface area contributed by atoms with Crippen LogP contribution in [0.5, 0.6) is 0 Å². The molecule has 0 spiro atoms. The Balaban J connectivity index is 2.83. The first-order valence-corrected chi connectivity index (χ1v) is 4.29. The van der Waals surface area contributed by atoms with Crippen LogP contribution >= 0.6 is 0 Å². The zero-order valence-electron chi connectivity index (χ0n) is 7.71. The van der Waals surface area contributed by atoms with Crippen LogP contribution in [-0.4, -0.2) is 11.1 Å². The molecule has 0 aromatic heterocycles. The molecule has 0 aliphatic heterocycles. The minimum absolute atomic E-state index is 0.120. The molecule has 1 aromatic rings.